The number of hydrogen-bond acceptors (Lipinski definition) is 3. The van der Waals surface area contributed by atoms with Crippen molar-refractivity contribution in [1.82, 2.24) is 9.62 Å². The summed E-state index contributed by atoms with van der Waals surface area (Å²) in [6.07, 6.45) is 2.69. The summed E-state index contributed by atoms with van der Waals surface area (Å²) in [5, 5.41) is 3.47. The van der Waals surface area contributed by atoms with E-state index in [0.29, 0.717) is 37.1 Å². The van der Waals surface area contributed by atoms with Crippen LogP contribution in [0.1, 0.15) is 40.0 Å². The molecule has 1 fully saturated rings. The SMILES string of the molecule is CCCS(=O)(=O)N1CCC(CNCC(C)C)CC1. The molecule has 0 bridgehead atoms. The van der Waals surface area contributed by atoms with E-state index in [0.717, 1.165) is 25.9 Å². The molecular weight excluding hydrogens is 248 g/mol. The molecule has 1 aliphatic rings. The molecule has 1 heterocycles. The molecule has 0 aromatic carbocycles. The average molecular weight is 276 g/mol. The van der Waals surface area contributed by atoms with Crippen molar-refractivity contribution in [3.05, 3.63) is 0 Å². The molecule has 0 amide bonds. The van der Waals surface area contributed by atoms with Crippen LogP contribution in [0.25, 0.3) is 0 Å². The molecule has 5 heteroatoms. The third kappa shape index (κ3) is 5.24. The third-order valence-corrected chi connectivity index (χ3v) is 5.49. The van der Waals surface area contributed by atoms with Crippen LogP contribution in [0.5, 0.6) is 0 Å². The molecule has 1 rings (SSSR count). The molecular formula is C13H28N2O2S. The molecule has 1 saturated heterocycles. The molecule has 18 heavy (non-hydrogen) atoms. The number of rotatable bonds is 7. The molecule has 0 spiro atoms. The van der Waals surface area contributed by atoms with Gasteiger partial charge in [0, 0.05) is 13.1 Å². The van der Waals surface area contributed by atoms with Crippen molar-refractivity contribution >= 4 is 10.0 Å². The lowest BCUT2D eigenvalue weighted by Crippen LogP contribution is -2.41. The van der Waals surface area contributed by atoms with Gasteiger partial charge in [-0.2, -0.15) is 0 Å². The Labute approximate surface area is 112 Å². The van der Waals surface area contributed by atoms with Gasteiger partial charge < -0.3 is 5.32 Å². The molecule has 0 aliphatic carbocycles. The Bertz CT molecular complexity index is 320. The van der Waals surface area contributed by atoms with E-state index in [4.69, 9.17) is 0 Å². The maximum absolute atomic E-state index is 11.9. The Morgan fingerprint density at radius 2 is 1.89 bits per heavy atom. The normalized spacial score (nSPS) is 19.6. The lowest BCUT2D eigenvalue weighted by Gasteiger charge is -2.31. The van der Waals surface area contributed by atoms with Gasteiger partial charge in [0.05, 0.1) is 5.75 Å². The second kappa shape index (κ2) is 7.46. The van der Waals surface area contributed by atoms with Crippen LogP contribution in [0.15, 0.2) is 0 Å². The predicted molar refractivity (Wildman–Crippen MR) is 76.1 cm³/mol. The zero-order valence-corrected chi connectivity index (χ0v) is 12.8. The molecule has 0 unspecified atom stereocenters. The Balaban J connectivity index is 2.28. The van der Waals surface area contributed by atoms with Gasteiger partial charge in [-0.15, -0.1) is 0 Å². The van der Waals surface area contributed by atoms with Crippen molar-refractivity contribution in [2.24, 2.45) is 11.8 Å². The number of sulfonamides is 1. The van der Waals surface area contributed by atoms with Crippen molar-refractivity contribution in [3.63, 3.8) is 0 Å². The monoisotopic (exact) mass is 276 g/mol. The molecule has 0 aromatic rings. The fourth-order valence-corrected chi connectivity index (χ4v) is 3.90. The van der Waals surface area contributed by atoms with Gasteiger partial charge in [0.2, 0.25) is 10.0 Å². The largest absolute Gasteiger partial charge is 0.316 e. The summed E-state index contributed by atoms with van der Waals surface area (Å²) in [6.45, 7) is 9.81. The van der Waals surface area contributed by atoms with E-state index in [1.807, 2.05) is 6.92 Å². The van der Waals surface area contributed by atoms with E-state index in [-0.39, 0.29) is 0 Å². The van der Waals surface area contributed by atoms with Crippen LogP contribution in [0.2, 0.25) is 0 Å². The summed E-state index contributed by atoms with van der Waals surface area (Å²) >= 11 is 0. The smallest absolute Gasteiger partial charge is 0.214 e. The Morgan fingerprint density at radius 3 is 2.39 bits per heavy atom. The predicted octanol–water partition coefficient (Wildman–Crippen LogP) is 1.68. The Morgan fingerprint density at radius 1 is 1.28 bits per heavy atom. The second-order valence-electron chi connectivity index (χ2n) is 5.71. The van der Waals surface area contributed by atoms with E-state index in [9.17, 15) is 8.42 Å². The molecule has 0 atom stereocenters. The summed E-state index contributed by atoms with van der Waals surface area (Å²) in [6, 6.07) is 0. The van der Waals surface area contributed by atoms with Crippen LogP contribution in [-0.2, 0) is 10.0 Å². The van der Waals surface area contributed by atoms with Crippen LogP contribution in [0.3, 0.4) is 0 Å². The van der Waals surface area contributed by atoms with E-state index < -0.39 is 10.0 Å². The summed E-state index contributed by atoms with van der Waals surface area (Å²) in [5.74, 6) is 1.61. The minimum atomic E-state index is -2.98. The van der Waals surface area contributed by atoms with Crippen molar-refractivity contribution in [3.8, 4) is 0 Å². The number of nitrogens with one attached hydrogen (secondary N) is 1. The highest BCUT2D eigenvalue weighted by Gasteiger charge is 2.26. The first-order valence-corrected chi connectivity index (χ1v) is 8.75. The molecule has 1 aliphatic heterocycles. The molecule has 1 N–H and O–H groups in total. The fraction of sp³-hybridized carbons (Fsp3) is 1.00. The van der Waals surface area contributed by atoms with E-state index in [1.165, 1.54) is 0 Å². The van der Waals surface area contributed by atoms with Crippen molar-refractivity contribution in [2.45, 2.75) is 40.0 Å². The standard InChI is InChI=1S/C13H28N2O2S/c1-4-9-18(16,17)15-7-5-13(6-8-15)11-14-10-12(2)3/h12-14H,4-11H2,1-3H3. The first-order valence-electron chi connectivity index (χ1n) is 7.14. The van der Waals surface area contributed by atoms with Crippen molar-refractivity contribution < 1.29 is 8.42 Å². The zero-order chi connectivity index (χ0) is 13.6. The van der Waals surface area contributed by atoms with Gasteiger partial charge in [-0.05, 0) is 44.2 Å². The maximum Gasteiger partial charge on any atom is 0.214 e. The van der Waals surface area contributed by atoms with E-state index >= 15 is 0 Å². The molecule has 0 saturated carbocycles. The van der Waals surface area contributed by atoms with Crippen LogP contribution < -0.4 is 5.32 Å². The first kappa shape index (κ1) is 15.9. The molecule has 108 valence electrons. The highest BCUT2D eigenvalue weighted by molar-refractivity contribution is 7.89. The van der Waals surface area contributed by atoms with Gasteiger partial charge in [0.15, 0.2) is 0 Å². The van der Waals surface area contributed by atoms with E-state index in [2.05, 4.69) is 19.2 Å². The lowest BCUT2D eigenvalue weighted by molar-refractivity contribution is 0.265. The third-order valence-electron chi connectivity index (χ3n) is 3.41. The van der Waals surface area contributed by atoms with Crippen molar-refractivity contribution in [2.75, 3.05) is 31.9 Å². The summed E-state index contributed by atoms with van der Waals surface area (Å²) < 4.78 is 25.5. The van der Waals surface area contributed by atoms with Gasteiger partial charge in [-0.3, -0.25) is 0 Å². The van der Waals surface area contributed by atoms with Gasteiger partial charge in [0.1, 0.15) is 0 Å². The van der Waals surface area contributed by atoms with Gasteiger partial charge in [-0.25, -0.2) is 12.7 Å². The Hall–Kier alpha value is -0.130. The van der Waals surface area contributed by atoms with Crippen LogP contribution >= 0.6 is 0 Å². The minimum Gasteiger partial charge on any atom is -0.316 e. The van der Waals surface area contributed by atoms with E-state index in [1.54, 1.807) is 4.31 Å². The summed E-state index contributed by atoms with van der Waals surface area (Å²) in [7, 11) is -2.98. The number of piperidine rings is 1. The topological polar surface area (TPSA) is 49.4 Å². The van der Waals surface area contributed by atoms with Gasteiger partial charge >= 0.3 is 0 Å². The maximum atomic E-state index is 11.9. The highest BCUT2D eigenvalue weighted by Crippen LogP contribution is 2.19. The minimum absolute atomic E-state index is 0.295. The number of nitrogens with zero attached hydrogens (tertiary/aromatic N) is 1. The van der Waals surface area contributed by atoms with Gasteiger partial charge in [0.25, 0.3) is 0 Å². The van der Waals surface area contributed by atoms with Crippen LogP contribution in [-0.4, -0.2) is 44.7 Å². The quantitative estimate of drug-likeness (QED) is 0.770. The fourth-order valence-electron chi connectivity index (χ4n) is 2.35. The number of hydrogen-bond donors (Lipinski definition) is 1. The molecule has 4 nitrogen and oxygen atoms in total. The van der Waals surface area contributed by atoms with Crippen molar-refractivity contribution in [1.29, 1.82) is 0 Å². The second-order valence-corrected chi connectivity index (χ2v) is 7.80. The van der Waals surface area contributed by atoms with Gasteiger partial charge in [-0.1, -0.05) is 20.8 Å². The molecule has 0 aromatic heterocycles. The Kier molecular flexibility index (Phi) is 6.60. The van der Waals surface area contributed by atoms with Crippen LogP contribution in [0, 0.1) is 11.8 Å². The summed E-state index contributed by atoms with van der Waals surface area (Å²) in [4.78, 5) is 0. The average Bonchev–Trinajstić information content (AvgIpc) is 2.29. The highest BCUT2D eigenvalue weighted by atomic mass is 32.2. The lowest BCUT2D eigenvalue weighted by atomic mass is 9.98. The summed E-state index contributed by atoms with van der Waals surface area (Å²) in [5.41, 5.74) is 0. The zero-order valence-electron chi connectivity index (χ0n) is 12.0. The molecule has 0 radical (unpaired) electrons. The van der Waals surface area contributed by atoms with Crippen LogP contribution in [0.4, 0.5) is 0 Å². The first-order chi connectivity index (χ1) is 8.45.